The van der Waals surface area contributed by atoms with E-state index in [9.17, 15) is 14.4 Å². The van der Waals surface area contributed by atoms with E-state index in [2.05, 4.69) is 52.6 Å². The van der Waals surface area contributed by atoms with Gasteiger partial charge in [-0.2, -0.15) is 0 Å². The second kappa shape index (κ2) is 12.2. The number of carbonyl (C=O) groups is 3. The number of amides is 3. The van der Waals surface area contributed by atoms with Crippen molar-refractivity contribution in [1.82, 2.24) is 21.4 Å². The Kier molecular flexibility index (Phi) is 9.33. The fraction of sp³-hybridized carbons (Fsp3) is 0.318. The Morgan fingerprint density at radius 1 is 0.767 bits per heavy atom. The smallest absolute Gasteiger partial charge is 0.355 e. The van der Waals surface area contributed by atoms with Crippen molar-refractivity contribution in [2.75, 3.05) is 26.2 Å². The van der Waals surface area contributed by atoms with Crippen LogP contribution in [0.15, 0.2) is 48.5 Å². The molecule has 0 aliphatic rings. The molecule has 0 heterocycles. The van der Waals surface area contributed by atoms with Crippen LogP contribution >= 0.6 is 0 Å². The molecule has 30 heavy (non-hydrogen) atoms. The molecule has 0 unspecified atom stereocenters. The van der Waals surface area contributed by atoms with E-state index in [0.717, 1.165) is 17.5 Å². The highest BCUT2D eigenvalue weighted by Gasteiger charge is 2.06. The molecule has 0 atom stereocenters. The highest BCUT2D eigenvalue weighted by molar-refractivity contribution is 5.94. The molecule has 0 spiro atoms. The SMILES string of the molecule is CCc1ccc(-c2ccc(C(=O)NCCNOC(=O)NCCNC(C)=O)cc2)cc1. The number of nitrogens with one attached hydrogen (secondary N) is 4. The molecule has 160 valence electrons. The predicted octanol–water partition coefficient (Wildman–Crippen LogP) is 2.01. The van der Waals surface area contributed by atoms with Crippen molar-refractivity contribution in [3.05, 3.63) is 59.7 Å². The van der Waals surface area contributed by atoms with Crippen LogP contribution in [0.2, 0.25) is 0 Å². The van der Waals surface area contributed by atoms with E-state index in [-0.39, 0.29) is 31.4 Å². The highest BCUT2D eigenvalue weighted by atomic mass is 16.7. The van der Waals surface area contributed by atoms with Crippen molar-refractivity contribution in [1.29, 1.82) is 0 Å². The standard InChI is InChI=1S/C22H28N4O4/c1-3-17-4-6-18(7-5-17)19-8-10-20(11-9-19)21(28)24-14-15-26-30-22(29)25-13-12-23-16(2)27/h4-11,26H,3,12-15H2,1-2H3,(H,23,27)(H,24,28)(H,25,29). The summed E-state index contributed by atoms with van der Waals surface area (Å²) in [7, 11) is 0. The van der Waals surface area contributed by atoms with Gasteiger partial charge in [-0.05, 0) is 35.2 Å². The molecular formula is C22H28N4O4. The van der Waals surface area contributed by atoms with Gasteiger partial charge in [-0.1, -0.05) is 43.3 Å². The molecule has 0 saturated heterocycles. The lowest BCUT2D eigenvalue weighted by atomic mass is 10.0. The quantitative estimate of drug-likeness (QED) is 0.353. The molecular weight excluding hydrogens is 384 g/mol. The Hall–Kier alpha value is -3.39. The van der Waals surface area contributed by atoms with E-state index in [1.54, 1.807) is 12.1 Å². The average Bonchev–Trinajstić information content (AvgIpc) is 2.76. The third kappa shape index (κ3) is 7.92. The first-order valence-corrected chi connectivity index (χ1v) is 9.89. The summed E-state index contributed by atoms with van der Waals surface area (Å²) in [6.07, 6.45) is 0.344. The van der Waals surface area contributed by atoms with E-state index in [0.29, 0.717) is 12.1 Å². The van der Waals surface area contributed by atoms with E-state index in [1.807, 2.05) is 12.1 Å². The predicted molar refractivity (Wildman–Crippen MR) is 115 cm³/mol. The van der Waals surface area contributed by atoms with Gasteiger partial charge in [-0.25, -0.2) is 4.79 Å². The Bertz CT molecular complexity index is 835. The van der Waals surface area contributed by atoms with Crippen molar-refractivity contribution in [2.24, 2.45) is 0 Å². The third-order valence-electron chi connectivity index (χ3n) is 4.29. The van der Waals surface area contributed by atoms with Gasteiger partial charge < -0.3 is 20.8 Å². The van der Waals surface area contributed by atoms with Gasteiger partial charge in [-0.15, -0.1) is 5.48 Å². The number of hydroxylamine groups is 1. The molecule has 0 aliphatic heterocycles. The maximum atomic E-state index is 12.2. The zero-order valence-electron chi connectivity index (χ0n) is 17.3. The summed E-state index contributed by atoms with van der Waals surface area (Å²) in [6, 6.07) is 15.8. The minimum atomic E-state index is -0.658. The van der Waals surface area contributed by atoms with E-state index in [4.69, 9.17) is 4.84 Å². The van der Waals surface area contributed by atoms with Crippen LogP contribution in [-0.2, 0) is 16.1 Å². The second-order valence-corrected chi connectivity index (χ2v) is 6.58. The van der Waals surface area contributed by atoms with E-state index < -0.39 is 6.09 Å². The summed E-state index contributed by atoms with van der Waals surface area (Å²) in [5, 5.41) is 7.76. The van der Waals surface area contributed by atoms with Gasteiger partial charge in [-0.3, -0.25) is 9.59 Å². The molecule has 4 N–H and O–H groups in total. The third-order valence-corrected chi connectivity index (χ3v) is 4.29. The molecule has 2 aromatic carbocycles. The van der Waals surface area contributed by atoms with E-state index in [1.165, 1.54) is 12.5 Å². The fourth-order valence-electron chi connectivity index (χ4n) is 2.63. The molecule has 0 aliphatic carbocycles. The zero-order chi connectivity index (χ0) is 21.8. The normalized spacial score (nSPS) is 10.2. The number of benzene rings is 2. The number of rotatable bonds is 10. The van der Waals surface area contributed by atoms with Crippen LogP contribution in [0.5, 0.6) is 0 Å². The van der Waals surface area contributed by atoms with Gasteiger partial charge in [0.2, 0.25) is 5.91 Å². The number of aryl methyl sites for hydroxylation is 1. The van der Waals surface area contributed by atoms with Crippen LogP contribution < -0.4 is 21.4 Å². The number of carbonyl (C=O) groups excluding carboxylic acids is 3. The van der Waals surface area contributed by atoms with Crippen LogP contribution in [0.4, 0.5) is 4.79 Å². The van der Waals surface area contributed by atoms with Crippen molar-refractivity contribution in [3.8, 4) is 11.1 Å². The number of hydrogen-bond acceptors (Lipinski definition) is 5. The Morgan fingerprint density at radius 3 is 1.93 bits per heavy atom. The largest absolute Gasteiger partial charge is 0.426 e. The zero-order valence-corrected chi connectivity index (χ0v) is 17.3. The highest BCUT2D eigenvalue weighted by Crippen LogP contribution is 2.20. The molecule has 8 nitrogen and oxygen atoms in total. The van der Waals surface area contributed by atoms with Crippen molar-refractivity contribution < 1.29 is 19.2 Å². The summed E-state index contributed by atoms with van der Waals surface area (Å²) in [6.45, 7) is 4.65. The monoisotopic (exact) mass is 412 g/mol. The minimum Gasteiger partial charge on any atom is -0.355 e. The van der Waals surface area contributed by atoms with Crippen LogP contribution in [0.3, 0.4) is 0 Å². The van der Waals surface area contributed by atoms with Gasteiger partial charge in [0.05, 0.1) is 0 Å². The Labute approximate surface area is 176 Å². The van der Waals surface area contributed by atoms with Crippen LogP contribution in [0.25, 0.3) is 11.1 Å². The van der Waals surface area contributed by atoms with Gasteiger partial charge in [0.1, 0.15) is 0 Å². The van der Waals surface area contributed by atoms with Gasteiger partial charge in [0.15, 0.2) is 0 Å². The summed E-state index contributed by atoms with van der Waals surface area (Å²) in [4.78, 5) is 39.0. The maximum Gasteiger partial charge on any atom is 0.426 e. The van der Waals surface area contributed by atoms with Gasteiger partial charge >= 0.3 is 6.09 Å². The van der Waals surface area contributed by atoms with Crippen molar-refractivity contribution in [3.63, 3.8) is 0 Å². The lowest BCUT2D eigenvalue weighted by Gasteiger charge is -2.09. The maximum absolute atomic E-state index is 12.2. The molecule has 0 fully saturated rings. The first-order chi connectivity index (χ1) is 14.5. The number of hydrogen-bond donors (Lipinski definition) is 4. The molecule has 0 radical (unpaired) electrons. The molecule has 0 bridgehead atoms. The van der Waals surface area contributed by atoms with Gasteiger partial charge in [0.25, 0.3) is 5.91 Å². The molecule has 0 aromatic heterocycles. The lowest BCUT2D eigenvalue weighted by Crippen LogP contribution is -2.38. The van der Waals surface area contributed by atoms with Crippen LogP contribution in [0.1, 0.15) is 29.8 Å². The first kappa shape index (κ1) is 22.9. The molecule has 2 aromatic rings. The van der Waals surface area contributed by atoms with Crippen LogP contribution in [0, 0.1) is 0 Å². The second-order valence-electron chi connectivity index (χ2n) is 6.58. The van der Waals surface area contributed by atoms with Crippen molar-refractivity contribution in [2.45, 2.75) is 20.3 Å². The van der Waals surface area contributed by atoms with Crippen molar-refractivity contribution >= 4 is 17.9 Å². The lowest BCUT2D eigenvalue weighted by molar-refractivity contribution is -0.118. The van der Waals surface area contributed by atoms with E-state index >= 15 is 0 Å². The first-order valence-electron chi connectivity index (χ1n) is 9.89. The molecule has 8 heteroatoms. The summed E-state index contributed by atoms with van der Waals surface area (Å²) < 4.78 is 0. The fourth-order valence-corrected chi connectivity index (χ4v) is 2.63. The summed E-state index contributed by atoms with van der Waals surface area (Å²) in [5.41, 5.74) is 6.47. The molecule has 3 amide bonds. The molecule has 2 rings (SSSR count). The van der Waals surface area contributed by atoms with Gasteiger partial charge in [0, 0.05) is 38.7 Å². The minimum absolute atomic E-state index is 0.167. The topological polar surface area (TPSA) is 109 Å². The van der Waals surface area contributed by atoms with Crippen LogP contribution in [-0.4, -0.2) is 44.1 Å². The summed E-state index contributed by atoms with van der Waals surface area (Å²) in [5.74, 6) is -0.372. The Balaban J connectivity index is 1.66. The Morgan fingerprint density at radius 2 is 1.33 bits per heavy atom. The summed E-state index contributed by atoms with van der Waals surface area (Å²) >= 11 is 0. The average molecular weight is 412 g/mol. The molecule has 0 saturated carbocycles.